The average Bonchev–Trinajstić information content (AvgIpc) is 2.70. The Bertz CT molecular complexity index is 808. The van der Waals surface area contributed by atoms with Crippen LogP contribution < -0.4 is 9.47 Å². The van der Waals surface area contributed by atoms with Gasteiger partial charge in [-0.2, -0.15) is 0 Å². The molecule has 27 heavy (non-hydrogen) atoms. The van der Waals surface area contributed by atoms with Crippen molar-refractivity contribution in [2.75, 3.05) is 25.5 Å². The lowest BCUT2D eigenvalue weighted by molar-refractivity contribution is 0.0844. The Balaban J connectivity index is 1.86. The summed E-state index contributed by atoms with van der Waals surface area (Å²) in [5.74, 6) is 1.97. The van der Waals surface area contributed by atoms with Gasteiger partial charge in [-0.15, -0.1) is 0 Å². The van der Waals surface area contributed by atoms with Gasteiger partial charge in [0.25, 0.3) is 5.91 Å². The molecule has 6 nitrogen and oxygen atoms in total. The Morgan fingerprint density at radius 2 is 1.96 bits per heavy atom. The molecule has 1 saturated heterocycles. The summed E-state index contributed by atoms with van der Waals surface area (Å²) >= 11 is 1.59. The first-order chi connectivity index (χ1) is 13.2. The van der Waals surface area contributed by atoms with E-state index in [-0.39, 0.29) is 5.91 Å². The lowest BCUT2D eigenvalue weighted by atomic mass is 10.2. The molecule has 3 rings (SSSR count). The number of rotatable bonds is 6. The number of aromatic nitrogens is 1. The minimum absolute atomic E-state index is 0.136. The zero-order valence-electron chi connectivity index (χ0n) is 15.6. The predicted molar refractivity (Wildman–Crippen MR) is 108 cm³/mol. The summed E-state index contributed by atoms with van der Waals surface area (Å²) in [6, 6.07) is 11.1. The van der Waals surface area contributed by atoms with Gasteiger partial charge >= 0.3 is 0 Å². The maximum Gasteiger partial charge on any atom is 0.265 e. The number of thioether (sulfide) groups is 1. The van der Waals surface area contributed by atoms with E-state index in [4.69, 9.17) is 14.5 Å². The fraction of sp³-hybridized carbons (Fsp3) is 0.350. The van der Waals surface area contributed by atoms with Crippen molar-refractivity contribution < 1.29 is 14.3 Å². The molecule has 0 bridgehead atoms. The first-order valence-corrected chi connectivity index (χ1v) is 10.1. The highest BCUT2D eigenvalue weighted by Crippen LogP contribution is 2.27. The highest BCUT2D eigenvalue weighted by molar-refractivity contribution is 8.13. The lowest BCUT2D eigenvalue weighted by Crippen LogP contribution is -2.39. The highest BCUT2D eigenvalue weighted by atomic mass is 32.2. The van der Waals surface area contributed by atoms with Crippen molar-refractivity contribution in [1.82, 2.24) is 9.88 Å². The molecule has 1 aliphatic heterocycles. The number of pyridine rings is 1. The number of carbonyl (C=O) groups excluding carboxylic acids is 1. The Morgan fingerprint density at radius 3 is 2.70 bits per heavy atom. The van der Waals surface area contributed by atoms with Crippen molar-refractivity contribution in [1.29, 1.82) is 0 Å². The van der Waals surface area contributed by atoms with Crippen LogP contribution in [0, 0.1) is 0 Å². The molecule has 142 valence electrons. The second-order valence-corrected chi connectivity index (χ2v) is 6.83. The fourth-order valence-corrected chi connectivity index (χ4v) is 3.64. The van der Waals surface area contributed by atoms with Gasteiger partial charge < -0.3 is 9.47 Å². The summed E-state index contributed by atoms with van der Waals surface area (Å²) in [7, 11) is 0. The van der Waals surface area contributed by atoms with Gasteiger partial charge in [-0.25, -0.2) is 9.98 Å². The van der Waals surface area contributed by atoms with Crippen molar-refractivity contribution >= 4 is 28.5 Å². The molecule has 0 saturated carbocycles. The molecule has 7 heteroatoms. The van der Waals surface area contributed by atoms with Crippen molar-refractivity contribution in [3.8, 4) is 11.6 Å². The largest absolute Gasteiger partial charge is 0.494 e. The van der Waals surface area contributed by atoms with Crippen LogP contribution in [0.3, 0.4) is 0 Å². The van der Waals surface area contributed by atoms with Crippen LogP contribution >= 0.6 is 11.8 Å². The van der Waals surface area contributed by atoms with E-state index in [2.05, 4.69) is 4.98 Å². The van der Waals surface area contributed by atoms with Crippen LogP contribution in [-0.2, 0) is 0 Å². The third kappa shape index (κ3) is 4.80. The zero-order chi connectivity index (χ0) is 19.1. The minimum atomic E-state index is -0.136. The van der Waals surface area contributed by atoms with Crippen LogP contribution in [0.2, 0.25) is 0 Å². The molecule has 1 amide bonds. The summed E-state index contributed by atoms with van der Waals surface area (Å²) in [5.41, 5.74) is 1.25. The number of amides is 1. The predicted octanol–water partition coefficient (Wildman–Crippen LogP) is 4.15. The van der Waals surface area contributed by atoms with Crippen LogP contribution in [0.1, 0.15) is 30.6 Å². The van der Waals surface area contributed by atoms with Gasteiger partial charge in [-0.1, -0.05) is 11.8 Å². The Labute approximate surface area is 163 Å². The smallest absolute Gasteiger partial charge is 0.265 e. The van der Waals surface area contributed by atoms with Crippen LogP contribution in [0.15, 0.2) is 47.6 Å². The van der Waals surface area contributed by atoms with Crippen LogP contribution in [0.4, 0.5) is 5.69 Å². The lowest BCUT2D eigenvalue weighted by Gasteiger charge is -2.28. The standard InChI is InChI=1S/C20H23N3O3S/c1-3-25-16-10-8-15(9-11-16)22-20-23(13-6-14-27-20)19(24)17-7-5-12-21-18(17)26-4-2/h5,7-12H,3-4,6,13-14H2,1-2H3. The number of hydrogen-bond acceptors (Lipinski definition) is 6. The van der Waals surface area contributed by atoms with Gasteiger partial charge in [0, 0.05) is 18.5 Å². The van der Waals surface area contributed by atoms with Crippen molar-refractivity contribution in [2.45, 2.75) is 20.3 Å². The van der Waals surface area contributed by atoms with E-state index in [1.165, 1.54) is 0 Å². The van der Waals surface area contributed by atoms with Gasteiger partial charge in [0.2, 0.25) is 5.88 Å². The van der Waals surface area contributed by atoms with E-state index in [1.54, 1.807) is 35.0 Å². The Kier molecular flexibility index (Phi) is 6.70. The van der Waals surface area contributed by atoms with Gasteiger partial charge in [-0.05, 0) is 56.7 Å². The molecule has 0 aliphatic carbocycles. The summed E-state index contributed by atoms with van der Waals surface area (Å²) in [6.45, 7) is 5.53. The van der Waals surface area contributed by atoms with Gasteiger partial charge in [0.15, 0.2) is 5.17 Å². The first kappa shape index (κ1) is 19.2. The quantitative estimate of drug-likeness (QED) is 0.748. The molecule has 2 heterocycles. The summed E-state index contributed by atoms with van der Waals surface area (Å²) in [5, 5.41) is 0.696. The van der Waals surface area contributed by atoms with Crippen LogP contribution in [-0.4, -0.2) is 46.5 Å². The maximum atomic E-state index is 13.1. The molecule has 0 atom stereocenters. The van der Waals surface area contributed by atoms with E-state index >= 15 is 0 Å². The number of hydrogen-bond donors (Lipinski definition) is 0. The summed E-state index contributed by atoms with van der Waals surface area (Å²) < 4.78 is 11.0. The van der Waals surface area contributed by atoms with Crippen molar-refractivity contribution in [2.24, 2.45) is 4.99 Å². The van der Waals surface area contributed by atoms with E-state index in [0.717, 1.165) is 23.6 Å². The number of benzene rings is 1. The van der Waals surface area contributed by atoms with Crippen LogP contribution in [0.5, 0.6) is 11.6 Å². The molecule has 1 aromatic carbocycles. The molecule has 0 unspecified atom stereocenters. The molecular weight excluding hydrogens is 362 g/mol. The van der Waals surface area contributed by atoms with Gasteiger partial charge in [0.1, 0.15) is 11.3 Å². The van der Waals surface area contributed by atoms with Gasteiger partial charge in [0.05, 0.1) is 18.9 Å². The second-order valence-electron chi connectivity index (χ2n) is 5.77. The van der Waals surface area contributed by atoms with E-state index in [1.807, 2.05) is 38.1 Å². The topological polar surface area (TPSA) is 64.0 Å². The maximum absolute atomic E-state index is 13.1. The number of ether oxygens (including phenoxy) is 2. The minimum Gasteiger partial charge on any atom is -0.494 e. The van der Waals surface area contributed by atoms with Crippen molar-refractivity contribution in [3.05, 3.63) is 48.2 Å². The van der Waals surface area contributed by atoms with E-state index < -0.39 is 0 Å². The van der Waals surface area contributed by atoms with E-state index in [9.17, 15) is 4.79 Å². The summed E-state index contributed by atoms with van der Waals surface area (Å²) in [4.78, 5) is 23.7. The molecule has 1 aliphatic rings. The molecule has 0 N–H and O–H groups in total. The average molecular weight is 385 g/mol. The van der Waals surface area contributed by atoms with Crippen LogP contribution in [0.25, 0.3) is 0 Å². The monoisotopic (exact) mass is 385 g/mol. The highest BCUT2D eigenvalue weighted by Gasteiger charge is 2.27. The number of aliphatic imine (C=N–C) groups is 1. The Morgan fingerprint density at radius 1 is 1.19 bits per heavy atom. The second kappa shape index (κ2) is 9.41. The normalized spacial score (nSPS) is 15.6. The molecule has 0 spiro atoms. The Hall–Kier alpha value is -2.54. The number of carbonyl (C=O) groups is 1. The third-order valence-corrected chi connectivity index (χ3v) is 4.95. The molecular formula is C20H23N3O3S. The molecule has 1 fully saturated rings. The van der Waals surface area contributed by atoms with E-state index in [0.29, 0.717) is 36.4 Å². The zero-order valence-corrected chi connectivity index (χ0v) is 16.4. The first-order valence-electron chi connectivity index (χ1n) is 9.07. The number of nitrogens with zero attached hydrogens (tertiary/aromatic N) is 3. The molecule has 2 aromatic rings. The fourth-order valence-electron chi connectivity index (χ4n) is 2.69. The summed E-state index contributed by atoms with van der Waals surface area (Å²) in [6.07, 6.45) is 2.55. The molecule has 0 radical (unpaired) electrons. The molecule has 1 aromatic heterocycles. The SMILES string of the molecule is CCOc1ccc(N=C2SCCCN2C(=O)c2cccnc2OCC)cc1. The van der Waals surface area contributed by atoms with Crippen molar-refractivity contribution in [3.63, 3.8) is 0 Å². The third-order valence-electron chi connectivity index (χ3n) is 3.89. The number of amidine groups is 1. The van der Waals surface area contributed by atoms with Gasteiger partial charge in [-0.3, -0.25) is 9.69 Å².